The molecule has 1 aliphatic carbocycles. The molecule has 1 aromatic rings. The van der Waals surface area contributed by atoms with E-state index in [1.165, 1.54) is 32.1 Å². The molecule has 2 rings (SSSR count). The second-order valence-corrected chi connectivity index (χ2v) is 6.99. The fourth-order valence-corrected chi connectivity index (χ4v) is 4.18. The van der Waals surface area contributed by atoms with E-state index in [2.05, 4.69) is 12.2 Å². The minimum atomic E-state index is 0.0259. The number of amides is 1. The SMILES string of the molecule is CCC(SC1CCCCC1)C(=O)Nc1ccccc1OC. The Bertz CT molecular complexity index is 458. The number of benzene rings is 1. The number of carbonyl (C=O) groups is 1. The molecule has 1 aliphatic rings. The van der Waals surface area contributed by atoms with Crippen LogP contribution in [0.2, 0.25) is 0 Å². The minimum absolute atomic E-state index is 0.0259. The highest BCUT2D eigenvalue weighted by Gasteiger charge is 2.24. The smallest absolute Gasteiger partial charge is 0.237 e. The number of para-hydroxylation sites is 2. The van der Waals surface area contributed by atoms with Crippen molar-refractivity contribution < 1.29 is 9.53 Å². The number of ether oxygens (including phenoxy) is 1. The number of nitrogens with one attached hydrogen (secondary N) is 1. The van der Waals surface area contributed by atoms with Crippen molar-refractivity contribution in [2.75, 3.05) is 12.4 Å². The van der Waals surface area contributed by atoms with Gasteiger partial charge in [-0.25, -0.2) is 0 Å². The molecule has 1 aromatic carbocycles. The standard InChI is InChI=1S/C17H25NO2S/c1-3-16(21-13-9-5-4-6-10-13)17(19)18-14-11-7-8-12-15(14)20-2/h7-8,11-13,16H,3-6,9-10H2,1-2H3,(H,18,19). The van der Waals surface area contributed by atoms with Gasteiger partial charge in [0.25, 0.3) is 0 Å². The minimum Gasteiger partial charge on any atom is -0.495 e. The molecule has 116 valence electrons. The maximum Gasteiger partial charge on any atom is 0.237 e. The Morgan fingerprint density at radius 3 is 2.71 bits per heavy atom. The summed E-state index contributed by atoms with van der Waals surface area (Å²) in [7, 11) is 1.62. The van der Waals surface area contributed by atoms with Crippen LogP contribution in [-0.4, -0.2) is 23.5 Å². The van der Waals surface area contributed by atoms with E-state index in [-0.39, 0.29) is 11.2 Å². The lowest BCUT2D eigenvalue weighted by Gasteiger charge is -2.25. The zero-order valence-corrected chi connectivity index (χ0v) is 13.7. The van der Waals surface area contributed by atoms with Crippen LogP contribution in [0, 0.1) is 0 Å². The number of methoxy groups -OCH3 is 1. The Hall–Kier alpha value is -1.16. The highest BCUT2D eigenvalue weighted by Crippen LogP contribution is 2.33. The summed E-state index contributed by atoms with van der Waals surface area (Å²) in [6.45, 7) is 2.09. The van der Waals surface area contributed by atoms with E-state index in [0.29, 0.717) is 11.0 Å². The molecule has 0 aromatic heterocycles. The molecule has 1 unspecified atom stereocenters. The van der Waals surface area contributed by atoms with E-state index in [1.807, 2.05) is 36.0 Å². The predicted octanol–water partition coefficient (Wildman–Crippen LogP) is 4.48. The van der Waals surface area contributed by atoms with Crippen LogP contribution in [0.4, 0.5) is 5.69 Å². The number of thioether (sulfide) groups is 1. The highest BCUT2D eigenvalue weighted by atomic mass is 32.2. The van der Waals surface area contributed by atoms with E-state index in [0.717, 1.165) is 12.1 Å². The molecule has 0 spiro atoms. The average molecular weight is 307 g/mol. The monoisotopic (exact) mass is 307 g/mol. The summed E-state index contributed by atoms with van der Waals surface area (Å²) in [4.78, 5) is 12.5. The van der Waals surface area contributed by atoms with Gasteiger partial charge in [-0.2, -0.15) is 0 Å². The van der Waals surface area contributed by atoms with Gasteiger partial charge in [-0.05, 0) is 31.4 Å². The van der Waals surface area contributed by atoms with Gasteiger partial charge in [0.05, 0.1) is 18.0 Å². The van der Waals surface area contributed by atoms with Crippen molar-refractivity contribution in [3.05, 3.63) is 24.3 Å². The summed E-state index contributed by atoms with van der Waals surface area (Å²) in [5.41, 5.74) is 0.757. The summed E-state index contributed by atoms with van der Waals surface area (Å²) in [6.07, 6.45) is 7.33. The van der Waals surface area contributed by atoms with Crippen LogP contribution < -0.4 is 10.1 Å². The van der Waals surface area contributed by atoms with Crippen LogP contribution in [0.25, 0.3) is 0 Å². The second kappa shape index (κ2) is 8.32. The van der Waals surface area contributed by atoms with E-state index in [1.54, 1.807) is 7.11 Å². The Morgan fingerprint density at radius 2 is 2.05 bits per heavy atom. The quantitative estimate of drug-likeness (QED) is 0.842. The van der Waals surface area contributed by atoms with Crippen molar-refractivity contribution in [1.29, 1.82) is 0 Å². The Balaban J connectivity index is 1.96. The van der Waals surface area contributed by atoms with E-state index < -0.39 is 0 Å². The molecule has 0 saturated heterocycles. The number of anilines is 1. The van der Waals surface area contributed by atoms with Crippen LogP contribution in [-0.2, 0) is 4.79 Å². The molecule has 4 heteroatoms. The third-order valence-corrected chi connectivity index (χ3v) is 5.67. The molecule has 0 heterocycles. The summed E-state index contributed by atoms with van der Waals surface area (Å²) in [6, 6.07) is 7.56. The van der Waals surface area contributed by atoms with Gasteiger partial charge in [0.2, 0.25) is 5.91 Å². The Labute approximate surface area is 131 Å². The topological polar surface area (TPSA) is 38.3 Å². The van der Waals surface area contributed by atoms with Gasteiger partial charge in [-0.15, -0.1) is 11.8 Å². The highest BCUT2D eigenvalue weighted by molar-refractivity contribution is 8.01. The predicted molar refractivity (Wildman–Crippen MR) is 90.2 cm³/mol. The maximum atomic E-state index is 12.5. The largest absolute Gasteiger partial charge is 0.495 e. The average Bonchev–Trinajstić information content (AvgIpc) is 2.54. The molecule has 21 heavy (non-hydrogen) atoms. The molecule has 1 N–H and O–H groups in total. The van der Waals surface area contributed by atoms with Crippen molar-refractivity contribution in [1.82, 2.24) is 0 Å². The van der Waals surface area contributed by atoms with Crippen molar-refractivity contribution in [2.24, 2.45) is 0 Å². The molecule has 1 amide bonds. The molecule has 3 nitrogen and oxygen atoms in total. The first-order valence-corrected chi connectivity index (χ1v) is 8.78. The number of carbonyl (C=O) groups excluding carboxylic acids is 1. The maximum absolute atomic E-state index is 12.5. The van der Waals surface area contributed by atoms with Gasteiger partial charge >= 0.3 is 0 Å². The Kier molecular flexibility index (Phi) is 6.43. The lowest BCUT2D eigenvalue weighted by molar-refractivity contribution is -0.115. The Morgan fingerprint density at radius 1 is 1.33 bits per heavy atom. The van der Waals surface area contributed by atoms with E-state index in [9.17, 15) is 4.79 Å². The van der Waals surface area contributed by atoms with E-state index in [4.69, 9.17) is 4.74 Å². The van der Waals surface area contributed by atoms with Crippen LogP contribution in [0.5, 0.6) is 5.75 Å². The van der Waals surface area contributed by atoms with Crippen molar-refractivity contribution in [3.8, 4) is 5.75 Å². The van der Waals surface area contributed by atoms with Gasteiger partial charge < -0.3 is 10.1 Å². The summed E-state index contributed by atoms with van der Waals surface area (Å²) in [5.74, 6) is 0.806. The van der Waals surface area contributed by atoms with Crippen LogP contribution in [0.15, 0.2) is 24.3 Å². The summed E-state index contributed by atoms with van der Waals surface area (Å²) in [5, 5.41) is 3.69. The normalized spacial score (nSPS) is 17.2. The van der Waals surface area contributed by atoms with Gasteiger partial charge in [-0.1, -0.05) is 38.3 Å². The molecule has 0 aliphatic heterocycles. The molecule has 1 saturated carbocycles. The lowest BCUT2D eigenvalue weighted by Crippen LogP contribution is -2.27. The van der Waals surface area contributed by atoms with Crippen molar-refractivity contribution in [3.63, 3.8) is 0 Å². The molecule has 0 radical (unpaired) electrons. The zero-order chi connectivity index (χ0) is 15.1. The molecular formula is C17H25NO2S. The third kappa shape index (κ3) is 4.67. The molecule has 1 fully saturated rings. The molecular weight excluding hydrogens is 282 g/mol. The summed E-state index contributed by atoms with van der Waals surface area (Å²) >= 11 is 1.85. The summed E-state index contributed by atoms with van der Waals surface area (Å²) < 4.78 is 5.29. The van der Waals surface area contributed by atoms with Gasteiger partial charge in [0.1, 0.15) is 5.75 Å². The zero-order valence-electron chi connectivity index (χ0n) is 12.9. The second-order valence-electron chi connectivity index (χ2n) is 5.48. The molecule has 1 atom stereocenters. The van der Waals surface area contributed by atoms with Gasteiger partial charge in [0, 0.05) is 5.25 Å². The van der Waals surface area contributed by atoms with Gasteiger partial charge in [-0.3, -0.25) is 4.79 Å². The first-order chi connectivity index (χ1) is 10.2. The third-order valence-electron chi connectivity index (χ3n) is 3.94. The van der Waals surface area contributed by atoms with Crippen LogP contribution >= 0.6 is 11.8 Å². The lowest BCUT2D eigenvalue weighted by atomic mass is 10.0. The van der Waals surface area contributed by atoms with Crippen molar-refractivity contribution in [2.45, 2.75) is 55.9 Å². The number of hydrogen-bond donors (Lipinski definition) is 1. The fourth-order valence-electron chi connectivity index (χ4n) is 2.74. The first kappa shape index (κ1) is 16.2. The first-order valence-electron chi connectivity index (χ1n) is 7.84. The van der Waals surface area contributed by atoms with Gasteiger partial charge in [0.15, 0.2) is 0 Å². The van der Waals surface area contributed by atoms with Crippen molar-refractivity contribution >= 4 is 23.4 Å². The number of hydrogen-bond acceptors (Lipinski definition) is 3. The number of rotatable bonds is 6. The van der Waals surface area contributed by atoms with Crippen LogP contribution in [0.3, 0.4) is 0 Å². The van der Waals surface area contributed by atoms with E-state index >= 15 is 0 Å². The molecule has 0 bridgehead atoms. The van der Waals surface area contributed by atoms with Crippen LogP contribution in [0.1, 0.15) is 45.4 Å². The fraction of sp³-hybridized carbons (Fsp3) is 0.588.